The first-order valence-corrected chi connectivity index (χ1v) is 11.1. The largest absolute Gasteiger partial charge is 0.484 e. The Morgan fingerprint density at radius 1 is 1.03 bits per heavy atom. The van der Waals surface area contributed by atoms with Crippen LogP contribution in [0.4, 0.5) is 5.69 Å². The summed E-state index contributed by atoms with van der Waals surface area (Å²) in [4.78, 5) is 25.1. The fourth-order valence-electron chi connectivity index (χ4n) is 2.55. The lowest BCUT2D eigenvalue weighted by atomic mass is 10.2. The smallest absolute Gasteiger partial charge is 0.262 e. The molecule has 32 heavy (non-hydrogen) atoms. The molecule has 1 atom stereocenters. The average molecular weight is 468 g/mol. The molecule has 0 bridgehead atoms. The highest BCUT2D eigenvalue weighted by atomic mass is 35.5. The second-order valence-electron chi connectivity index (χ2n) is 6.72. The predicted molar refractivity (Wildman–Crippen MR) is 130 cm³/mol. The molecule has 3 rings (SSSR count). The maximum Gasteiger partial charge on any atom is 0.262 e. The van der Waals surface area contributed by atoms with Crippen molar-refractivity contribution in [1.29, 1.82) is 0 Å². The van der Waals surface area contributed by atoms with Crippen molar-refractivity contribution in [2.75, 3.05) is 11.9 Å². The summed E-state index contributed by atoms with van der Waals surface area (Å²) in [6.07, 6.45) is 1.55. The minimum absolute atomic E-state index is 0.0957. The van der Waals surface area contributed by atoms with Gasteiger partial charge in [0.2, 0.25) is 0 Å². The van der Waals surface area contributed by atoms with Gasteiger partial charge in [0.25, 0.3) is 11.8 Å². The van der Waals surface area contributed by atoms with Crippen molar-refractivity contribution in [2.45, 2.75) is 17.1 Å². The summed E-state index contributed by atoms with van der Waals surface area (Å²) in [5.74, 6) is 0.114. The molecule has 0 radical (unpaired) electrons. The Kier molecular flexibility index (Phi) is 8.71. The number of anilines is 1. The van der Waals surface area contributed by atoms with Crippen molar-refractivity contribution in [3.05, 3.63) is 89.4 Å². The Balaban J connectivity index is 1.41. The number of benzene rings is 3. The monoisotopic (exact) mass is 467 g/mol. The lowest BCUT2D eigenvalue weighted by Crippen LogP contribution is -2.26. The topological polar surface area (TPSA) is 79.8 Å². The molecule has 0 aromatic heterocycles. The SMILES string of the molecule is C[C@H](Sc1ccc(Cl)cc1)C(=O)N/N=C\c1ccc(OCC(=O)Nc2ccccc2)cc1. The van der Waals surface area contributed by atoms with Gasteiger partial charge in [-0.05, 0) is 73.2 Å². The van der Waals surface area contributed by atoms with Crippen LogP contribution in [0.25, 0.3) is 0 Å². The van der Waals surface area contributed by atoms with Gasteiger partial charge in [-0.3, -0.25) is 9.59 Å². The maximum absolute atomic E-state index is 12.2. The lowest BCUT2D eigenvalue weighted by Gasteiger charge is -2.09. The Bertz CT molecular complexity index is 1060. The molecule has 3 aromatic rings. The Labute approximate surface area is 196 Å². The van der Waals surface area contributed by atoms with Crippen LogP contribution in [0.2, 0.25) is 5.02 Å². The van der Waals surface area contributed by atoms with Crippen LogP contribution in [0.15, 0.2) is 88.9 Å². The molecular formula is C24H22ClN3O3S. The van der Waals surface area contributed by atoms with Gasteiger partial charge in [0.15, 0.2) is 6.61 Å². The van der Waals surface area contributed by atoms with Gasteiger partial charge in [0, 0.05) is 15.6 Å². The van der Waals surface area contributed by atoms with E-state index in [0.717, 1.165) is 16.1 Å². The van der Waals surface area contributed by atoms with Gasteiger partial charge < -0.3 is 10.1 Å². The molecule has 0 saturated carbocycles. The first kappa shape index (κ1) is 23.4. The second kappa shape index (κ2) is 11.9. The van der Waals surface area contributed by atoms with Crippen LogP contribution in [0, 0.1) is 0 Å². The zero-order valence-corrected chi connectivity index (χ0v) is 18.9. The zero-order valence-electron chi connectivity index (χ0n) is 17.3. The summed E-state index contributed by atoms with van der Waals surface area (Å²) >= 11 is 7.30. The number of hydrogen-bond donors (Lipinski definition) is 2. The van der Waals surface area contributed by atoms with E-state index in [1.807, 2.05) is 49.4 Å². The molecule has 6 nitrogen and oxygen atoms in total. The van der Waals surface area contributed by atoms with Crippen molar-refractivity contribution in [3.63, 3.8) is 0 Å². The van der Waals surface area contributed by atoms with E-state index in [2.05, 4.69) is 15.8 Å². The highest BCUT2D eigenvalue weighted by molar-refractivity contribution is 8.00. The van der Waals surface area contributed by atoms with E-state index in [1.165, 1.54) is 11.8 Å². The van der Waals surface area contributed by atoms with Crippen molar-refractivity contribution in [2.24, 2.45) is 5.10 Å². The summed E-state index contributed by atoms with van der Waals surface area (Å²) in [5, 5.41) is 7.10. The fraction of sp³-hybridized carbons (Fsp3) is 0.125. The molecule has 0 heterocycles. The number of carbonyl (C=O) groups is 2. The number of nitrogens with one attached hydrogen (secondary N) is 2. The van der Waals surface area contributed by atoms with Gasteiger partial charge >= 0.3 is 0 Å². The molecule has 0 unspecified atom stereocenters. The van der Waals surface area contributed by atoms with E-state index in [4.69, 9.17) is 16.3 Å². The molecule has 2 amide bonds. The maximum atomic E-state index is 12.2. The summed E-state index contributed by atoms with van der Waals surface area (Å²) in [7, 11) is 0. The molecule has 2 N–H and O–H groups in total. The molecule has 0 aliphatic rings. The van der Waals surface area contributed by atoms with Crippen molar-refractivity contribution in [3.8, 4) is 5.75 Å². The summed E-state index contributed by atoms with van der Waals surface area (Å²) in [5.41, 5.74) is 4.04. The van der Waals surface area contributed by atoms with E-state index in [0.29, 0.717) is 10.8 Å². The van der Waals surface area contributed by atoms with E-state index >= 15 is 0 Å². The molecular weight excluding hydrogens is 446 g/mol. The Morgan fingerprint density at radius 2 is 1.72 bits per heavy atom. The van der Waals surface area contributed by atoms with E-state index in [-0.39, 0.29) is 23.7 Å². The third-order valence-electron chi connectivity index (χ3n) is 4.19. The van der Waals surface area contributed by atoms with Crippen molar-refractivity contribution >= 4 is 47.1 Å². The molecule has 8 heteroatoms. The minimum atomic E-state index is -0.314. The van der Waals surface area contributed by atoms with E-state index < -0.39 is 0 Å². The lowest BCUT2D eigenvalue weighted by molar-refractivity contribution is -0.120. The molecule has 3 aromatic carbocycles. The van der Waals surface area contributed by atoms with Crippen LogP contribution >= 0.6 is 23.4 Å². The minimum Gasteiger partial charge on any atom is -0.484 e. The molecule has 0 aliphatic carbocycles. The first-order chi connectivity index (χ1) is 15.5. The summed E-state index contributed by atoms with van der Waals surface area (Å²) < 4.78 is 5.50. The standard InChI is InChI=1S/C24H22ClN3O3S/c1-17(32-22-13-9-19(25)10-14-22)24(30)28-26-15-18-7-11-21(12-8-18)31-16-23(29)27-20-5-3-2-4-6-20/h2-15,17H,16H2,1H3,(H,27,29)(H,28,30)/b26-15-/t17-/m0/s1. The third-order valence-corrected chi connectivity index (χ3v) is 5.56. The summed E-state index contributed by atoms with van der Waals surface area (Å²) in [6.45, 7) is 1.71. The molecule has 164 valence electrons. The van der Waals surface area contributed by atoms with E-state index in [1.54, 1.807) is 42.6 Å². The van der Waals surface area contributed by atoms with Gasteiger partial charge in [0.1, 0.15) is 5.75 Å². The van der Waals surface area contributed by atoms with Gasteiger partial charge in [-0.25, -0.2) is 5.43 Å². The molecule has 0 aliphatic heterocycles. The quantitative estimate of drug-likeness (QED) is 0.264. The number of para-hydroxylation sites is 1. The normalized spacial score (nSPS) is 11.7. The Hall–Kier alpha value is -3.29. The number of amides is 2. The number of ether oxygens (including phenoxy) is 1. The molecule has 0 spiro atoms. The first-order valence-electron chi connectivity index (χ1n) is 9.82. The van der Waals surface area contributed by atoms with Crippen LogP contribution < -0.4 is 15.5 Å². The number of thioether (sulfide) groups is 1. The van der Waals surface area contributed by atoms with Crippen LogP contribution in [-0.4, -0.2) is 29.9 Å². The van der Waals surface area contributed by atoms with Crippen LogP contribution in [-0.2, 0) is 9.59 Å². The van der Waals surface area contributed by atoms with E-state index in [9.17, 15) is 9.59 Å². The highest BCUT2D eigenvalue weighted by Crippen LogP contribution is 2.24. The predicted octanol–water partition coefficient (Wildman–Crippen LogP) is 4.99. The summed E-state index contributed by atoms with van der Waals surface area (Å²) in [6, 6.07) is 23.5. The Morgan fingerprint density at radius 3 is 2.41 bits per heavy atom. The number of rotatable bonds is 9. The molecule has 0 saturated heterocycles. The van der Waals surface area contributed by atoms with Crippen LogP contribution in [0.3, 0.4) is 0 Å². The van der Waals surface area contributed by atoms with Gasteiger partial charge in [-0.1, -0.05) is 29.8 Å². The van der Waals surface area contributed by atoms with Crippen LogP contribution in [0.1, 0.15) is 12.5 Å². The number of hydrogen-bond acceptors (Lipinski definition) is 5. The van der Waals surface area contributed by atoms with Gasteiger partial charge in [-0.2, -0.15) is 5.10 Å². The van der Waals surface area contributed by atoms with Crippen molar-refractivity contribution < 1.29 is 14.3 Å². The molecule has 0 fully saturated rings. The van der Waals surface area contributed by atoms with Gasteiger partial charge in [0.05, 0.1) is 11.5 Å². The number of nitrogens with zero attached hydrogens (tertiary/aromatic N) is 1. The van der Waals surface area contributed by atoms with Gasteiger partial charge in [-0.15, -0.1) is 11.8 Å². The van der Waals surface area contributed by atoms with Crippen LogP contribution in [0.5, 0.6) is 5.75 Å². The average Bonchev–Trinajstić information content (AvgIpc) is 2.80. The number of hydrazone groups is 1. The van der Waals surface area contributed by atoms with Crippen molar-refractivity contribution in [1.82, 2.24) is 5.43 Å². The number of carbonyl (C=O) groups excluding carboxylic acids is 2. The fourth-order valence-corrected chi connectivity index (χ4v) is 3.54. The second-order valence-corrected chi connectivity index (χ2v) is 8.57. The highest BCUT2D eigenvalue weighted by Gasteiger charge is 2.13. The zero-order chi connectivity index (χ0) is 22.8. The number of halogens is 1. The third kappa shape index (κ3) is 7.76.